The fraction of sp³-hybridized carbons (Fsp3) is 0.556. The van der Waals surface area contributed by atoms with Crippen molar-refractivity contribution >= 4 is 17.1 Å². The van der Waals surface area contributed by atoms with Crippen LogP contribution in [-0.2, 0) is 0 Å². The number of hydrogen-bond donors (Lipinski definition) is 4. The molecule has 4 N–H and O–H groups in total. The Morgan fingerprint density at radius 1 is 1.29 bits per heavy atom. The first-order valence-electron chi connectivity index (χ1n) is 8.59. The number of benzene rings is 1. The van der Waals surface area contributed by atoms with Gasteiger partial charge in [0.05, 0.1) is 17.1 Å². The molecule has 2 unspecified atom stereocenters. The number of H-pyrrole nitrogens is 1. The summed E-state index contributed by atoms with van der Waals surface area (Å²) in [5, 5.41) is 14.9. The predicted molar refractivity (Wildman–Crippen MR) is 95.7 cm³/mol. The highest BCUT2D eigenvalue weighted by molar-refractivity contribution is 5.76. The van der Waals surface area contributed by atoms with Crippen molar-refractivity contribution in [2.75, 3.05) is 13.2 Å². The van der Waals surface area contributed by atoms with Crippen molar-refractivity contribution in [1.29, 1.82) is 0 Å². The highest BCUT2D eigenvalue weighted by atomic mass is 16.3. The Morgan fingerprint density at radius 2 is 2.04 bits per heavy atom. The maximum absolute atomic E-state index is 12.1. The monoisotopic (exact) mass is 332 g/mol. The summed E-state index contributed by atoms with van der Waals surface area (Å²) >= 11 is 0. The number of aromatic nitrogens is 2. The SMILES string of the molecule is CC(C)CC(CCO)CNC(=O)NC(C)c1nc2ccccc2[nH]1. The number of nitrogens with one attached hydrogen (secondary N) is 3. The van der Waals surface area contributed by atoms with Crippen LogP contribution in [0.2, 0.25) is 0 Å². The van der Waals surface area contributed by atoms with Crippen molar-refractivity contribution in [3.05, 3.63) is 30.1 Å². The van der Waals surface area contributed by atoms with Crippen LogP contribution in [0.5, 0.6) is 0 Å². The zero-order chi connectivity index (χ0) is 17.5. The fourth-order valence-corrected chi connectivity index (χ4v) is 2.88. The van der Waals surface area contributed by atoms with E-state index in [1.165, 1.54) is 0 Å². The molecule has 0 saturated carbocycles. The molecule has 6 nitrogen and oxygen atoms in total. The van der Waals surface area contributed by atoms with Crippen LogP contribution in [0.1, 0.15) is 45.5 Å². The molecule has 0 saturated heterocycles. The van der Waals surface area contributed by atoms with Gasteiger partial charge in [0, 0.05) is 13.2 Å². The molecule has 0 aliphatic carbocycles. The Balaban J connectivity index is 1.86. The zero-order valence-corrected chi connectivity index (χ0v) is 14.7. The van der Waals surface area contributed by atoms with Gasteiger partial charge in [-0.25, -0.2) is 9.78 Å². The molecule has 2 aromatic rings. The molecule has 24 heavy (non-hydrogen) atoms. The van der Waals surface area contributed by atoms with E-state index in [-0.39, 0.29) is 18.7 Å². The molecule has 0 radical (unpaired) electrons. The largest absolute Gasteiger partial charge is 0.396 e. The normalized spacial score (nSPS) is 13.9. The van der Waals surface area contributed by atoms with Crippen LogP contribution in [0.3, 0.4) is 0 Å². The summed E-state index contributed by atoms with van der Waals surface area (Å²) in [6, 6.07) is 7.37. The lowest BCUT2D eigenvalue weighted by Crippen LogP contribution is -2.40. The van der Waals surface area contributed by atoms with E-state index in [4.69, 9.17) is 5.11 Å². The zero-order valence-electron chi connectivity index (χ0n) is 14.7. The average molecular weight is 332 g/mol. The van der Waals surface area contributed by atoms with Crippen LogP contribution in [0, 0.1) is 11.8 Å². The first-order valence-corrected chi connectivity index (χ1v) is 8.59. The number of aliphatic hydroxyl groups is 1. The number of carbonyl (C=O) groups is 1. The summed E-state index contributed by atoms with van der Waals surface area (Å²) < 4.78 is 0. The molecule has 1 aromatic carbocycles. The number of carbonyl (C=O) groups excluding carboxylic acids is 1. The first-order chi connectivity index (χ1) is 11.5. The van der Waals surface area contributed by atoms with Gasteiger partial charge in [0.25, 0.3) is 0 Å². The number of amides is 2. The third-order valence-corrected chi connectivity index (χ3v) is 4.06. The van der Waals surface area contributed by atoms with Gasteiger partial charge in [-0.15, -0.1) is 0 Å². The quantitative estimate of drug-likeness (QED) is 0.599. The van der Waals surface area contributed by atoms with E-state index < -0.39 is 0 Å². The molecule has 2 amide bonds. The first kappa shape index (κ1) is 18.3. The van der Waals surface area contributed by atoms with Gasteiger partial charge in [-0.05, 0) is 43.7 Å². The minimum absolute atomic E-state index is 0.149. The Hall–Kier alpha value is -2.08. The minimum atomic E-state index is -0.213. The molecule has 2 rings (SSSR count). The Labute approximate surface area is 143 Å². The van der Waals surface area contributed by atoms with E-state index in [2.05, 4.69) is 34.4 Å². The smallest absolute Gasteiger partial charge is 0.315 e. The van der Waals surface area contributed by atoms with Crippen LogP contribution in [0.25, 0.3) is 11.0 Å². The second-order valence-corrected chi connectivity index (χ2v) is 6.72. The van der Waals surface area contributed by atoms with E-state index in [1.54, 1.807) is 0 Å². The highest BCUT2D eigenvalue weighted by Crippen LogP contribution is 2.16. The van der Waals surface area contributed by atoms with E-state index in [0.29, 0.717) is 24.8 Å². The van der Waals surface area contributed by atoms with Gasteiger partial charge < -0.3 is 20.7 Å². The van der Waals surface area contributed by atoms with Gasteiger partial charge in [-0.3, -0.25) is 0 Å². The average Bonchev–Trinajstić information content (AvgIpc) is 2.96. The number of aliphatic hydroxyl groups excluding tert-OH is 1. The topological polar surface area (TPSA) is 90.0 Å². The molecule has 1 aromatic heterocycles. The van der Waals surface area contributed by atoms with E-state index in [9.17, 15) is 4.79 Å². The van der Waals surface area contributed by atoms with Crippen LogP contribution in [0.15, 0.2) is 24.3 Å². The van der Waals surface area contributed by atoms with Crippen molar-refractivity contribution < 1.29 is 9.90 Å². The van der Waals surface area contributed by atoms with Crippen molar-refractivity contribution in [1.82, 2.24) is 20.6 Å². The molecule has 6 heteroatoms. The summed E-state index contributed by atoms with van der Waals surface area (Å²) in [6.07, 6.45) is 1.69. The van der Waals surface area contributed by atoms with Gasteiger partial charge in [0.2, 0.25) is 0 Å². The van der Waals surface area contributed by atoms with Gasteiger partial charge in [0.1, 0.15) is 5.82 Å². The molecule has 1 heterocycles. The number of para-hydroxylation sites is 2. The number of imidazole rings is 1. The van der Waals surface area contributed by atoms with Gasteiger partial charge >= 0.3 is 6.03 Å². The molecule has 0 aliphatic heterocycles. The van der Waals surface area contributed by atoms with E-state index in [0.717, 1.165) is 23.3 Å². The minimum Gasteiger partial charge on any atom is -0.396 e. The lowest BCUT2D eigenvalue weighted by atomic mass is 9.94. The van der Waals surface area contributed by atoms with Gasteiger partial charge in [-0.1, -0.05) is 26.0 Å². The number of aromatic amines is 1. The van der Waals surface area contributed by atoms with Crippen molar-refractivity contribution in [2.45, 2.75) is 39.7 Å². The maximum atomic E-state index is 12.1. The lowest BCUT2D eigenvalue weighted by molar-refractivity contribution is 0.223. The highest BCUT2D eigenvalue weighted by Gasteiger charge is 2.15. The van der Waals surface area contributed by atoms with Crippen molar-refractivity contribution in [3.63, 3.8) is 0 Å². The number of nitrogens with zero attached hydrogens (tertiary/aromatic N) is 1. The summed E-state index contributed by atoms with van der Waals surface area (Å²) in [5.41, 5.74) is 1.85. The van der Waals surface area contributed by atoms with E-state index >= 15 is 0 Å². The predicted octanol–water partition coefficient (Wildman–Crippen LogP) is 2.97. The summed E-state index contributed by atoms with van der Waals surface area (Å²) in [4.78, 5) is 19.8. The molecule has 0 fully saturated rings. The molecule has 132 valence electrons. The van der Waals surface area contributed by atoms with Crippen LogP contribution >= 0.6 is 0 Å². The molecule has 0 bridgehead atoms. The summed E-state index contributed by atoms with van der Waals surface area (Å²) in [7, 11) is 0. The molecular weight excluding hydrogens is 304 g/mol. The van der Waals surface area contributed by atoms with Crippen LogP contribution in [0.4, 0.5) is 4.79 Å². The Bertz CT molecular complexity index is 620. The Kier molecular flexibility index (Phi) is 6.61. The number of hydrogen-bond acceptors (Lipinski definition) is 3. The van der Waals surface area contributed by atoms with Crippen molar-refractivity contribution in [2.24, 2.45) is 11.8 Å². The van der Waals surface area contributed by atoms with Gasteiger partial charge in [-0.2, -0.15) is 0 Å². The van der Waals surface area contributed by atoms with Crippen LogP contribution in [-0.4, -0.2) is 34.3 Å². The molecule has 0 spiro atoms. The second-order valence-electron chi connectivity index (χ2n) is 6.72. The van der Waals surface area contributed by atoms with Gasteiger partial charge in [0.15, 0.2) is 0 Å². The summed E-state index contributed by atoms with van der Waals surface area (Å²) in [5.74, 6) is 1.57. The summed E-state index contributed by atoms with van der Waals surface area (Å²) in [6.45, 7) is 6.91. The van der Waals surface area contributed by atoms with Crippen molar-refractivity contribution in [3.8, 4) is 0 Å². The second kappa shape index (κ2) is 8.68. The third kappa shape index (κ3) is 5.23. The molecular formula is C18H28N4O2. The lowest BCUT2D eigenvalue weighted by Gasteiger charge is -2.19. The third-order valence-electron chi connectivity index (χ3n) is 4.06. The standard InChI is InChI=1S/C18H28N4O2/c1-12(2)10-14(8-9-23)11-19-18(24)20-13(3)17-21-15-6-4-5-7-16(15)22-17/h4-7,12-14,23H,8-11H2,1-3H3,(H,21,22)(H2,19,20,24). The maximum Gasteiger partial charge on any atom is 0.315 e. The molecule has 2 atom stereocenters. The van der Waals surface area contributed by atoms with Crippen LogP contribution < -0.4 is 10.6 Å². The molecule has 0 aliphatic rings. The fourth-order valence-electron chi connectivity index (χ4n) is 2.88. The number of rotatable bonds is 8. The number of urea groups is 1. The van der Waals surface area contributed by atoms with E-state index in [1.807, 2.05) is 31.2 Å². The number of fused-ring (bicyclic) bond motifs is 1. The Morgan fingerprint density at radius 3 is 2.71 bits per heavy atom.